The monoisotopic (exact) mass is 219 g/mol. The number of hydrogen-bond donors (Lipinski definition) is 2. The number of rotatable bonds is 0. The fourth-order valence-electron chi connectivity index (χ4n) is 1.80. The van der Waals surface area contributed by atoms with E-state index in [1.54, 1.807) is 0 Å². The number of nitrogens with two attached hydrogens (primary N) is 1. The Morgan fingerprint density at radius 3 is 2.73 bits per heavy atom. The van der Waals surface area contributed by atoms with Crippen LogP contribution in [-0.4, -0.2) is 10.2 Å². The first-order valence-corrected chi connectivity index (χ1v) is 4.35. The predicted molar refractivity (Wildman–Crippen MR) is 45.1 cm³/mol. The van der Waals surface area contributed by atoms with Crippen molar-refractivity contribution >= 4 is 0 Å². The summed E-state index contributed by atoms with van der Waals surface area (Å²) in [5.41, 5.74) is 3.30. The van der Waals surface area contributed by atoms with Crippen LogP contribution in [-0.2, 0) is 12.6 Å². The van der Waals surface area contributed by atoms with Gasteiger partial charge < -0.3 is 5.73 Å². The average Bonchev–Trinajstić information content (AvgIpc) is 2.45. The second kappa shape index (κ2) is 3.06. The normalized spacial score (nSPS) is 20.4. The van der Waals surface area contributed by atoms with Crippen molar-refractivity contribution in [1.82, 2.24) is 10.2 Å². The first-order chi connectivity index (χ1) is 6.91. The van der Waals surface area contributed by atoms with Crippen molar-refractivity contribution in [1.29, 1.82) is 0 Å². The number of alkyl halides is 3. The van der Waals surface area contributed by atoms with Crippen LogP contribution in [0.25, 0.3) is 0 Å². The minimum atomic E-state index is -4.65. The molecular formula is C8H8F3N3O. The maximum Gasteiger partial charge on any atom is 0.422 e. The lowest BCUT2D eigenvalue weighted by atomic mass is 10.1. The Bertz CT molecular complexity index is 451. The summed E-state index contributed by atoms with van der Waals surface area (Å²) >= 11 is 0. The molecular weight excluding hydrogens is 211 g/mol. The highest BCUT2D eigenvalue weighted by Crippen LogP contribution is 2.35. The van der Waals surface area contributed by atoms with Gasteiger partial charge >= 0.3 is 6.18 Å². The third-order valence-electron chi connectivity index (χ3n) is 2.46. The second-order valence-electron chi connectivity index (χ2n) is 3.43. The van der Waals surface area contributed by atoms with E-state index in [-0.39, 0.29) is 17.7 Å². The number of fused-ring (bicyclic) bond motifs is 1. The van der Waals surface area contributed by atoms with Crippen molar-refractivity contribution < 1.29 is 13.2 Å². The first-order valence-electron chi connectivity index (χ1n) is 4.35. The van der Waals surface area contributed by atoms with E-state index in [0.717, 1.165) is 0 Å². The summed E-state index contributed by atoms with van der Waals surface area (Å²) in [5.74, 6) is 0. The van der Waals surface area contributed by atoms with E-state index in [2.05, 4.69) is 5.10 Å². The molecule has 0 aliphatic heterocycles. The van der Waals surface area contributed by atoms with Crippen LogP contribution in [0, 0.1) is 0 Å². The average molecular weight is 219 g/mol. The Balaban J connectivity index is 2.70. The zero-order valence-electron chi connectivity index (χ0n) is 7.56. The van der Waals surface area contributed by atoms with Crippen LogP contribution in [0.5, 0.6) is 0 Å². The minimum absolute atomic E-state index is 0.0567. The Kier molecular flexibility index (Phi) is 2.07. The van der Waals surface area contributed by atoms with Gasteiger partial charge in [-0.1, -0.05) is 0 Å². The van der Waals surface area contributed by atoms with Gasteiger partial charge in [0.1, 0.15) is 5.56 Å². The molecule has 0 bridgehead atoms. The Morgan fingerprint density at radius 1 is 1.47 bits per heavy atom. The third kappa shape index (κ3) is 1.52. The summed E-state index contributed by atoms with van der Waals surface area (Å²) in [4.78, 5) is 11.1. The van der Waals surface area contributed by atoms with Gasteiger partial charge in [-0.25, -0.2) is 5.10 Å². The van der Waals surface area contributed by atoms with E-state index in [0.29, 0.717) is 6.42 Å². The third-order valence-corrected chi connectivity index (χ3v) is 2.46. The zero-order chi connectivity index (χ0) is 11.2. The SMILES string of the molecule is NC1CCc2c1n[nH]c(=O)c2C(F)(F)F. The molecule has 0 amide bonds. The molecule has 0 radical (unpaired) electrons. The summed E-state index contributed by atoms with van der Waals surface area (Å²) < 4.78 is 37.6. The van der Waals surface area contributed by atoms with Crippen LogP contribution >= 0.6 is 0 Å². The van der Waals surface area contributed by atoms with Crippen LogP contribution in [0.15, 0.2) is 4.79 Å². The first kappa shape index (κ1) is 10.2. The predicted octanol–water partition coefficient (Wildman–Crippen LogP) is 0.735. The molecule has 1 unspecified atom stereocenters. The van der Waals surface area contributed by atoms with Crippen LogP contribution in [0.1, 0.15) is 29.3 Å². The van der Waals surface area contributed by atoms with Gasteiger partial charge in [0, 0.05) is 6.04 Å². The van der Waals surface area contributed by atoms with Crippen LogP contribution in [0.2, 0.25) is 0 Å². The number of aromatic amines is 1. The van der Waals surface area contributed by atoms with Gasteiger partial charge in [0.05, 0.1) is 5.69 Å². The van der Waals surface area contributed by atoms with E-state index < -0.39 is 23.3 Å². The maximum atomic E-state index is 12.5. The lowest BCUT2D eigenvalue weighted by Gasteiger charge is -2.10. The molecule has 15 heavy (non-hydrogen) atoms. The highest BCUT2D eigenvalue weighted by Gasteiger charge is 2.40. The largest absolute Gasteiger partial charge is 0.422 e. The number of nitrogens with zero attached hydrogens (tertiary/aromatic N) is 1. The van der Waals surface area contributed by atoms with Crippen LogP contribution in [0.3, 0.4) is 0 Å². The van der Waals surface area contributed by atoms with Gasteiger partial charge in [-0.3, -0.25) is 4.79 Å². The molecule has 1 aliphatic rings. The minimum Gasteiger partial charge on any atom is -0.323 e. The second-order valence-corrected chi connectivity index (χ2v) is 3.43. The lowest BCUT2D eigenvalue weighted by Crippen LogP contribution is -2.26. The Hall–Kier alpha value is -1.37. The van der Waals surface area contributed by atoms with Gasteiger partial charge in [0.2, 0.25) is 0 Å². The number of H-pyrrole nitrogens is 1. The standard InChI is InChI=1S/C8H8F3N3O/c9-8(10,11)5-3-1-2-4(12)6(3)13-14-7(5)15/h4H,1-2,12H2,(H,14,15). The Labute approximate surface area is 82.3 Å². The molecule has 7 heteroatoms. The summed E-state index contributed by atoms with van der Waals surface area (Å²) in [5, 5.41) is 5.38. The fourth-order valence-corrected chi connectivity index (χ4v) is 1.80. The topological polar surface area (TPSA) is 71.8 Å². The molecule has 0 saturated carbocycles. The number of halogens is 3. The fraction of sp³-hybridized carbons (Fsp3) is 0.500. The molecule has 2 rings (SSSR count). The molecule has 1 atom stereocenters. The van der Waals surface area contributed by atoms with Crippen LogP contribution in [0.4, 0.5) is 13.2 Å². The number of aromatic nitrogens is 2. The van der Waals surface area contributed by atoms with Crippen molar-refractivity contribution in [2.45, 2.75) is 25.1 Å². The van der Waals surface area contributed by atoms with Gasteiger partial charge in [0.15, 0.2) is 0 Å². The van der Waals surface area contributed by atoms with E-state index in [4.69, 9.17) is 5.73 Å². The zero-order valence-corrected chi connectivity index (χ0v) is 7.56. The highest BCUT2D eigenvalue weighted by molar-refractivity contribution is 5.35. The molecule has 1 aliphatic carbocycles. The molecule has 4 nitrogen and oxygen atoms in total. The molecule has 0 aromatic carbocycles. The van der Waals surface area contributed by atoms with Gasteiger partial charge in [-0.15, -0.1) is 0 Å². The molecule has 0 fully saturated rings. The number of nitrogens with one attached hydrogen (secondary N) is 1. The van der Waals surface area contributed by atoms with Crippen molar-refractivity contribution in [2.75, 3.05) is 0 Å². The van der Waals surface area contributed by atoms with Crippen molar-refractivity contribution in [3.63, 3.8) is 0 Å². The van der Waals surface area contributed by atoms with Crippen LogP contribution < -0.4 is 11.3 Å². The molecule has 0 spiro atoms. The molecule has 3 N–H and O–H groups in total. The summed E-state index contributed by atoms with van der Waals surface area (Å²) in [6.45, 7) is 0. The molecule has 0 saturated heterocycles. The van der Waals surface area contributed by atoms with Gasteiger partial charge in [-0.05, 0) is 18.4 Å². The van der Waals surface area contributed by atoms with Gasteiger partial charge in [0.25, 0.3) is 5.56 Å². The molecule has 82 valence electrons. The summed E-state index contributed by atoms with van der Waals surface area (Å²) in [6, 6.07) is -0.516. The smallest absolute Gasteiger partial charge is 0.323 e. The molecule has 1 aromatic heterocycles. The summed E-state index contributed by atoms with van der Waals surface area (Å²) in [7, 11) is 0. The van der Waals surface area contributed by atoms with Gasteiger partial charge in [-0.2, -0.15) is 18.3 Å². The van der Waals surface area contributed by atoms with E-state index >= 15 is 0 Å². The quantitative estimate of drug-likeness (QED) is 0.675. The van der Waals surface area contributed by atoms with Crippen molar-refractivity contribution in [2.24, 2.45) is 5.73 Å². The van der Waals surface area contributed by atoms with Crippen molar-refractivity contribution in [3.05, 3.63) is 27.2 Å². The molecule has 1 heterocycles. The van der Waals surface area contributed by atoms with Crippen molar-refractivity contribution in [3.8, 4) is 0 Å². The number of hydrogen-bond acceptors (Lipinski definition) is 3. The molecule has 1 aromatic rings. The summed E-state index contributed by atoms with van der Waals surface area (Å²) in [6.07, 6.45) is -4.10. The maximum absolute atomic E-state index is 12.5. The van der Waals surface area contributed by atoms with E-state index in [1.807, 2.05) is 5.10 Å². The highest BCUT2D eigenvalue weighted by atomic mass is 19.4. The lowest BCUT2D eigenvalue weighted by molar-refractivity contribution is -0.139. The Morgan fingerprint density at radius 2 is 2.13 bits per heavy atom. The van der Waals surface area contributed by atoms with E-state index in [1.165, 1.54) is 0 Å². The van der Waals surface area contributed by atoms with E-state index in [9.17, 15) is 18.0 Å².